The van der Waals surface area contributed by atoms with Gasteiger partial charge in [-0.3, -0.25) is 15.4 Å². The van der Waals surface area contributed by atoms with E-state index in [4.69, 9.17) is 42.1 Å². The summed E-state index contributed by atoms with van der Waals surface area (Å²) >= 11 is 12.9. The summed E-state index contributed by atoms with van der Waals surface area (Å²) in [5.41, 5.74) is 2.03. The van der Waals surface area contributed by atoms with Crippen molar-refractivity contribution in [2.24, 2.45) is 5.92 Å². The summed E-state index contributed by atoms with van der Waals surface area (Å²) in [6.07, 6.45) is 3.90. The number of nitrogens with zero attached hydrogens (tertiary/aromatic N) is 2. The lowest BCUT2D eigenvalue weighted by atomic mass is 9.85. The van der Waals surface area contributed by atoms with Gasteiger partial charge in [-0.05, 0) is 79.7 Å². The minimum Gasteiger partial charge on any atom is -0.493 e. The van der Waals surface area contributed by atoms with Crippen LogP contribution in [0.1, 0.15) is 58.5 Å². The third-order valence-corrected chi connectivity index (χ3v) is 10.6. The van der Waals surface area contributed by atoms with Crippen LogP contribution in [0.25, 0.3) is 0 Å². The molecule has 4 heterocycles. The molecular formula is C39H42Cl2N3O7+. The standard InChI is InChI=1S/C39H42Cl2N3O7/c1-39(29-7-5-4-6-8-29,38(46)51-36-24-43-17-15-26(36)16-18-43)42-21-25-9-11-27(12-10-25)37(45)50-34(20-30-31(40)22-44(47)23-32(30)41)28-13-14-33(48-2)35(19-28)49-3/h4-14,19,22-23,26,34,36,42,47H,15-18,20-21,24H2,1-3H3/q+1/t34-,36-,39?/m0/s1. The zero-order valence-corrected chi connectivity index (χ0v) is 30.3. The molecule has 12 heteroatoms. The van der Waals surface area contributed by atoms with Gasteiger partial charge in [0.2, 0.25) is 12.4 Å². The van der Waals surface area contributed by atoms with E-state index in [2.05, 4.69) is 10.2 Å². The van der Waals surface area contributed by atoms with Crippen LogP contribution in [0.5, 0.6) is 11.5 Å². The van der Waals surface area contributed by atoms with E-state index in [-0.39, 0.29) is 28.5 Å². The van der Waals surface area contributed by atoms with E-state index in [0.717, 1.165) is 48.3 Å². The SMILES string of the molecule is COc1ccc([C@H](Cc2c(Cl)c[n+](O)cc2Cl)OC(=O)c2ccc(CNC(C)(C(=O)O[C@H]3CN4CCC3CC4)c3ccccc3)cc2)cc1OC. The molecule has 3 saturated heterocycles. The van der Waals surface area contributed by atoms with E-state index < -0.39 is 17.6 Å². The number of rotatable bonds is 13. The third kappa shape index (κ3) is 8.25. The Kier molecular flexibility index (Phi) is 11.4. The van der Waals surface area contributed by atoms with E-state index in [0.29, 0.717) is 40.7 Å². The van der Waals surface area contributed by atoms with Gasteiger partial charge in [-0.25, -0.2) is 9.59 Å². The highest BCUT2D eigenvalue weighted by Crippen LogP contribution is 2.36. The second-order valence-corrected chi connectivity index (χ2v) is 14.0. The van der Waals surface area contributed by atoms with Crippen LogP contribution in [0.2, 0.25) is 10.0 Å². The largest absolute Gasteiger partial charge is 0.493 e. The number of esters is 2. The highest BCUT2D eigenvalue weighted by Gasteiger charge is 2.42. The van der Waals surface area contributed by atoms with Crippen LogP contribution in [-0.2, 0) is 32.8 Å². The minimum atomic E-state index is -1.09. The first-order valence-electron chi connectivity index (χ1n) is 16.9. The molecule has 2 bridgehead atoms. The van der Waals surface area contributed by atoms with Crippen LogP contribution in [-0.4, -0.2) is 62.0 Å². The average molecular weight is 736 g/mol. The first kappa shape index (κ1) is 36.4. The Morgan fingerprint density at radius 3 is 2.24 bits per heavy atom. The van der Waals surface area contributed by atoms with Crippen LogP contribution >= 0.6 is 23.2 Å². The second-order valence-electron chi connectivity index (χ2n) is 13.1. The molecule has 3 aliphatic rings. The smallest absolute Gasteiger partial charge is 0.338 e. The monoisotopic (exact) mass is 734 g/mol. The molecule has 7 rings (SSSR count). The number of piperidine rings is 3. The molecule has 2 N–H and O–H groups in total. The molecular weight excluding hydrogens is 693 g/mol. The Balaban J connectivity index is 1.18. The topological polar surface area (TPSA) is 110 Å². The van der Waals surface area contributed by atoms with Gasteiger partial charge < -0.3 is 18.9 Å². The third-order valence-electron chi connectivity index (χ3n) is 9.94. The first-order chi connectivity index (χ1) is 24.6. The molecule has 10 nitrogen and oxygen atoms in total. The molecule has 268 valence electrons. The molecule has 0 saturated carbocycles. The fourth-order valence-corrected chi connectivity index (χ4v) is 7.40. The Labute approximate surface area is 307 Å². The van der Waals surface area contributed by atoms with Gasteiger partial charge in [-0.15, -0.1) is 0 Å². The fraction of sp³-hybridized carbons (Fsp3) is 0.359. The summed E-state index contributed by atoms with van der Waals surface area (Å²) in [4.78, 5) is 29.8. The van der Waals surface area contributed by atoms with Gasteiger partial charge in [0.15, 0.2) is 11.5 Å². The number of methoxy groups -OCH3 is 2. The molecule has 0 spiro atoms. The quantitative estimate of drug-likeness (QED) is 0.0927. The Morgan fingerprint density at radius 1 is 0.961 bits per heavy atom. The zero-order valence-electron chi connectivity index (χ0n) is 28.8. The highest BCUT2D eigenvalue weighted by atomic mass is 35.5. The predicted octanol–water partition coefficient (Wildman–Crippen LogP) is 6.32. The summed E-state index contributed by atoms with van der Waals surface area (Å²) in [6, 6.07) is 21.8. The molecule has 3 aliphatic heterocycles. The van der Waals surface area contributed by atoms with Crippen LogP contribution in [0.15, 0.2) is 85.2 Å². The molecule has 3 aromatic carbocycles. The van der Waals surface area contributed by atoms with Crippen molar-refractivity contribution in [3.8, 4) is 11.5 Å². The van der Waals surface area contributed by atoms with Crippen molar-refractivity contribution in [3.05, 3.63) is 123 Å². The molecule has 51 heavy (non-hydrogen) atoms. The number of halogens is 2. The number of hydrogen-bond acceptors (Lipinski definition) is 9. The molecule has 1 unspecified atom stereocenters. The molecule has 1 aromatic heterocycles. The number of carbonyl (C=O) groups excluding carboxylic acids is 2. The first-order valence-corrected chi connectivity index (χ1v) is 17.7. The van der Waals surface area contributed by atoms with Crippen molar-refractivity contribution in [2.45, 2.75) is 50.5 Å². The lowest BCUT2D eigenvalue weighted by Gasteiger charge is -2.45. The average Bonchev–Trinajstić information content (AvgIpc) is 3.15. The van der Waals surface area contributed by atoms with Gasteiger partial charge in [-0.2, -0.15) is 0 Å². The van der Waals surface area contributed by atoms with E-state index in [9.17, 15) is 14.8 Å². The van der Waals surface area contributed by atoms with Crippen molar-refractivity contribution in [1.29, 1.82) is 0 Å². The van der Waals surface area contributed by atoms with Crippen molar-refractivity contribution < 1.29 is 38.5 Å². The summed E-state index contributed by atoms with van der Waals surface area (Å²) in [7, 11) is 3.06. The van der Waals surface area contributed by atoms with Gasteiger partial charge >= 0.3 is 11.9 Å². The maximum atomic E-state index is 13.9. The van der Waals surface area contributed by atoms with Crippen molar-refractivity contribution in [1.82, 2.24) is 10.2 Å². The van der Waals surface area contributed by atoms with Crippen molar-refractivity contribution >= 4 is 35.1 Å². The summed E-state index contributed by atoms with van der Waals surface area (Å²) in [5.74, 6) is 0.502. The molecule has 3 fully saturated rings. The van der Waals surface area contributed by atoms with Gasteiger partial charge in [0.25, 0.3) is 0 Å². The summed E-state index contributed by atoms with van der Waals surface area (Å²) in [6.45, 7) is 5.11. The Morgan fingerprint density at radius 2 is 1.63 bits per heavy atom. The van der Waals surface area contributed by atoms with E-state index in [1.165, 1.54) is 26.6 Å². The Hall–Kier alpha value is -4.35. The van der Waals surface area contributed by atoms with Crippen LogP contribution in [0, 0.1) is 5.92 Å². The summed E-state index contributed by atoms with van der Waals surface area (Å²) < 4.78 is 23.9. The maximum Gasteiger partial charge on any atom is 0.338 e. The number of carbonyl (C=O) groups is 2. The molecule has 4 aromatic rings. The number of benzene rings is 3. The van der Waals surface area contributed by atoms with Gasteiger partial charge in [0.1, 0.15) is 27.8 Å². The van der Waals surface area contributed by atoms with Gasteiger partial charge in [-0.1, -0.05) is 71.7 Å². The molecule has 0 aliphatic carbocycles. The second kappa shape index (κ2) is 15.9. The summed E-state index contributed by atoms with van der Waals surface area (Å²) in [5, 5.41) is 13.7. The van der Waals surface area contributed by atoms with Crippen LogP contribution in [0.3, 0.4) is 0 Å². The normalized spacial score (nSPS) is 19.8. The molecule has 0 amide bonds. The van der Waals surface area contributed by atoms with E-state index in [1.807, 2.05) is 49.4 Å². The van der Waals surface area contributed by atoms with Crippen LogP contribution in [0.4, 0.5) is 0 Å². The maximum absolute atomic E-state index is 13.9. The van der Waals surface area contributed by atoms with E-state index >= 15 is 0 Å². The predicted molar refractivity (Wildman–Crippen MR) is 191 cm³/mol. The van der Waals surface area contributed by atoms with Crippen molar-refractivity contribution in [3.63, 3.8) is 0 Å². The van der Waals surface area contributed by atoms with Gasteiger partial charge in [0, 0.05) is 29.8 Å². The number of nitrogens with one attached hydrogen (secondary N) is 1. The fourth-order valence-electron chi connectivity index (χ4n) is 6.80. The van der Waals surface area contributed by atoms with E-state index in [1.54, 1.807) is 30.3 Å². The lowest BCUT2D eigenvalue weighted by Crippen LogP contribution is -2.55. The molecule has 3 atom stereocenters. The number of ether oxygens (including phenoxy) is 4. The molecule has 0 radical (unpaired) electrons. The van der Waals surface area contributed by atoms with Crippen molar-refractivity contribution in [2.75, 3.05) is 33.9 Å². The number of fused-ring (bicyclic) bond motifs is 3. The van der Waals surface area contributed by atoms with Crippen LogP contribution < -0.4 is 19.5 Å². The Bertz CT molecular complexity index is 1830. The zero-order chi connectivity index (χ0) is 36.1. The lowest BCUT2D eigenvalue weighted by molar-refractivity contribution is -0.904. The number of hydrogen-bond donors (Lipinski definition) is 2. The minimum absolute atomic E-state index is 0.113. The van der Waals surface area contributed by atoms with Gasteiger partial charge in [0.05, 0.1) is 19.8 Å². The number of aromatic nitrogens is 1. The number of pyridine rings is 1. The highest BCUT2D eigenvalue weighted by molar-refractivity contribution is 6.35.